The molecule has 1 N–H and O–H groups in total. The summed E-state index contributed by atoms with van der Waals surface area (Å²) in [6.07, 6.45) is 0.154. The molecule has 1 aliphatic rings. The average Bonchev–Trinajstić information content (AvgIpc) is 3.07. The number of morpholine rings is 1. The van der Waals surface area contributed by atoms with Gasteiger partial charge in [0.1, 0.15) is 11.6 Å². The van der Waals surface area contributed by atoms with Crippen molar-refractivity contribution in [3.63, 3.8) is 0 Å². The lowest BCUT2D eigenvalue weighted by atomic mass is 10.0. The van der Waals surface area contributed by atoms with E-state index in [-0.39, 0.29) is 29.9 Å². The molecule has 3 aromatic rings. The summed E-state index contributed by atoms with van der Waals surface area (Å²) >= 11 is 1.41. The monoisotopic (exact) mass is 376 g/mol. The Labute approximate surface area is 154 Å². The Hall–Kier alpha value is -2.03. The molecule has 1 aliphatic heterocycles. The molecule has 1 saturated heterocycles. The van der Waals surface area contributed by atoms with Gasteiger partial charge in [-0.25, -0.2) is 9.37 Å². The molecule has 3 heterocycles. The number of nitrogens with zero attached hydrogens (tertiary/aromatic N) is 4. The smallest absolute Gasteiger partial charge is 0.230 e. The van der Waals surface area contributed by atoms with Gasteiger partial charge in [-0.15, -0.1) is 5.10 Å². The first-order valence-corrected chi connectivity index (χ1v) is 9.44. The number of aryl methyl sites for hydroxylation is 1. The third kappa shape index (κ3) is 3.08. The Morgan fingerprint density at radius 1 is 1.23 bits per heavy atom. The van der Waals surface area contributed by atoms with E-state index in [0.717, 1.165) is 23.5 Å². The van der Waals surface area contributed by atoms with Gasteiger partial charge in [0.15, 0.2) is 0 Å². The lowest BCUT2D eigenvalue weighted by Crippen LogP contribution is -2.47. The minimum atomic E-state index is -0.279. The standard InChI is InChI=1S/C18H21FN4O2S/c1-10-8-22(9-11(2)25-10)15(13-4-6-14(19)7-5-13)16-17(24)23-18(26-16)20-12(3)21-23/h4-7,10-11,15,24H,8-9H2,1-3H3/t10-,11+,15-/m1/s1. The second-order valence-corrected chi connectivity index (χ2v) is 7.82. The lowest BCUT2D eigenvalue weighted by molar-refractivity contribution is -0.0764. The van der Waals surface area contributed by atoms with Gasteiger partial charge in [0.25, 0.3) is 0 Å². The zero-order valence-corrected chi connectivity index (χ0v) is 15.7. The molecule has 138 valence electrons. The normalized spacial score (nSPS) is 22.8. The van der Waals surface area contributed by atoms with Gasteiger partial charge in [0.05, 0.1) is 23.1 Å². The van der Waals surface area contributed by atoms with Crippen LogP contribution >= 0.6 is 11.3 Å². The van der Waals surface area contributed by atoms with Gasteiger partial charge in [-0.3, -0.25) is 4.90 Å². The molecule has 6 nitrogen and oxygen atoms in total. The highest BCUT2D eigenvalue weighted by Gasteiger charge is 2.34. The van der Waals surface area contributed by atoms with E-state index in [2.05, 4.69) is 15.0 Å². The van der Waals surface area contributed by atoms with Crippen molar-refractivity contribution in [2.24, 2.45) is 0 Å². The number of thiazole rings is 1. The quantitative estimate of drug-likeness (QED) is 0.761. The highest BCUT2D eigenvalue weighted by molar-refractivity contribution is 7.17. The molecule has 3 atom stereocenters. The number of aromatic nitrogens is 3. The summed E-state index contributed by atoms with van der Waals surface area (Å²) in [5.74, 6) is 0.426. The third-order valence-corrected chi connectivity index (χ3v) is 5.63. The first kappa shape index (κ1) is 17.4. The summed E-state index contributed by atoms with van der Waals surface area (Å²) < 4.78 is 20.8. The first-order chi connectivity index (χ1) is 12.4. The zero-order chi connectivity index (χ0) is 18.4. The molecular weight excluding hydrogens is 355 g/mol. The Morgan fingerprint density at radius 3 is 2.50 bits per heavy atom. The van der Waals surface area contributed by atoms with Crippen LogP contribution in [0.5, 0.6) is 5.88 Å². The molecule has 1 fully saturated rings. The molecule has 1 aromatic carbocycles. The molecule has 8 heteroatoms. The number of benzene rings is 1. The predicted octanol–water partition coefficient (Wildman–Crippen LogP) is 3.14. The van der Waals surface area contributed by atoms with E-state index in [9.17, 15) is 9.50 Å². The van der Waals surface area contributed by atoms with Crippen LogP contribution in [0.25, 0.3) is 4.96 Å². The summed E-state index contributed by atoms with van der Waals surface area (Å²) in [5, 5.41) is 15.1. The van der Waals surface area contributed by atoms with E-state index >= 15 is 0 Å². The maximum absolute atomic E-state index is 13.5. The molecule has 0 bridgehead atoms. The number of halogens is 1. The van der Waals surface area contributed by atoms with Crippen molar-refractivity contribution in [2.75, 3.05) is 13.1 Å². The highest BCUT2D eigenvalue weighted by Crippen LogP contribution is 2.40. The topological polar surface area (TPSA) is 62.9 Å². The van der Waals surface area contributed by atoms with Crippen LogP contribution in [0, 0.1) is 12.7 Å². The molecule has 4 rings (SSSR count). The second-order valence-electron chi connectivity index (χ2n) is 6.81. The van der Waals surface area contributed by atoms with E-state index in [0.29, 0.717) is 10.8 Å². The van der Waals surface area contributed by atoms with Crippen LogP contribution in [0.4, 0.5) is 4.39 Å². The Morgan fingerprint density at radius 2 is 1.88 bits per heavy atom. The van der Waals surface area contributed by atoms with Crippen molar-refractivity contribution < 1.29 is 14.2 Å². The van der Waals surface area contributed by atoms with Gasteiger partial charge in [-0.1, -0.05) is 23.5 Å². The van der Waals surface area contributed by atoms with Crippen LogP contribution in [-0.4, -0.2) is 49.9 Å². The average molecular weight is 376 g/mol. The van der Waals surface area contributed by atoms with Crippen LogP contribution < -0.4 is 0 Å². The van der Waals surface area contributed by atoms with Crippen molar-refractivity contribution in [1.82, 2.24) is 19.5 Å². The number of rotatable bonds is 3. The van der Waals surface area contributed by atoms with Crippen LogP contribution in [0.15, 0.2) is 24.3 Å². The number of fused-ring (bicyclic) bond motifs is 1. The van der Waals surface area contributed by atoms with Crippen LogP contribution in [0.2, 0.25) is 0 Å². The molecule has 0 saturated carbocycles. The number of hydrogen-bond donors (Lipinski definition) is 1. The Balaban J connectivity index is 1.82. The fourth-order valence-electron chi connectivity index (χ4n) is 3.63. The maximum atomic E-state index is 13.5. The molecule has 26 heavy (non-hydrogen) atoms. The maximum Gasteiger partial charge on any atom is 0.230 e. The largest absolute Gasteiger partial charge is 0.492 e. The summed E-state index contributed by atoms with van der Waals surface area (Å²) in [5.41, 5.74) is 0.921. The Kier molecular flexibility index (Phi) is 4.42. The van der Waals surface area contributed by atoms with Crippen LogP contribution in [0.1, 0.15) is 36.2 Å². The number of ether oxygens (including phenoxy) is 1. The van der Waals surface area contributed by atoms with Crippen molar-refractivity contribution in [3.8, 4) is 5.88 Å². The van der Waals surface area contributed by atoms with Crippen LogP contribution in [0.3, 0.4) is 0 Å². The van der Waals surface area contributed by atoms with Crippen LogP contribution in [-0.2, 0) is 4.74 Å². The molecule has 0 aliphatic carbocycles. The van der Waals surface area contributed by atoms with E-state index < -0.39 is 0 Å². The van der Waals surface area contributed by atoms with E-state index in [4.69, 9.17) is 4.74 Å². The van der Waals surface area contributed by atoms with E-state index in [1.54, 1.807) is 19.1 Å². The summed E-state index contributed by atoms with van der Waals surface area (Å²) in [4.78, 5) is 8.04. The minimum absolute atomic E-state index is 0.0771. The molecule has 0 unspecified atom stereocenters. The fourth-order valence-corrected chi connectivity index (χ4v) is 4.79. The summed E-state index contributed by atoms with van der Waals surface area (Å²) in [7, 11) is 0. The molecule has 2 aromatic heterocycles. The number of aromatic hydroxyl groups is 1. The van der Waals surface area contributed by atoms with E-state index in [1.165, 1.54) is 28.0 Å². The van der Waals surface area contributed by atoms with Gasteiger partial charge in [0.2, 0.25) is 10.8 Å². The van der Waals surface area contributed by atoms with Crippen molar-refractivity contribution in [3.05, 3.63) is 46.3 Å². The third-order valence-electron chi connectivity index (χ3n) is 4.55. The molecule has 0 amide bonds. The Bertz CT molecular complexity index is 913. The predicted molar refractivity (Wildman–Crippen MR) is 97.1 cm³/mol. The van der Waals surface area contributed by atoms with Gasteiger partial charge in [-0.2, -0.15) is 4.52 Å². The van der Waals surface area contributed by atoms with Gasteiger partial charge in [0, 0.05) is 13.1 Å². The molecular formula is C18H21FN4O2S. The first-order valence-electron chi connectivity index (χ1n) is 8.62. The van der Waals surface area contributed by atoms with E-state index in [1.807, 2.05) is 13.8 Å². The highest BCUT2D eigenvalue weighted by atomic mass is 32.1. The lowest BCUT2D eigenvalue weighted by Gasteiger charge is -2.40. The van der Waals surface area contributed by atoms with Gasteiger partial charge >= 0.3 is 0 Å². The number of hydrogen-bond acceptors (Lipinski definition) is 6. The van der Waals surface area contributed by atoms with Gasteiger partial charge in [-0.05, 0) is 38.5 Å². The summed E-state index contributed by atoms with van der Waals surface area (Å²) in [6.45, 7) is 7.31. The zero-order valence-electron chi connectivity index (χ0n) is 14.9. The summed E-state index contributed by atoms with van der Waals surface area (Å²) in [6, 6.07) is 6.23. The molecule has 0 spiro atoms. The fraction of sp³-hybridized carbons (Fsp3) is 0.444. The van der Waals surface area contributed by atoms with Crippen molar-refractivity contribution in [2.45, 2.75) is 39.0 Å². The van der Waals surface area contributed by atoms with Crippen molar-refractivity contribution >= 4 is 16.3 Å². The molecule has 0 radical (unpaired) electrons. The van der Waals surface area contributed by atoms with Gasteiger partial charge < -0.3 is 9.84 Å². The minimum Gasteiger partial charge on any atom is -0.492 e. The SMILES string of the molecule is Cc1nc2sc([C@@H](c3ccc(F)cc3)N3C[C@@H](C)O[C@@H](C)C3)c(O)n2n1. The second kappa shape index (κ2) is 6.61. The van der Waals surface area contributed by atoms with Crippen molar-refractivity contribution in [1.29, 1.82) is 0 Å².